The Kier molecular flexibility index (Phi) is 5.91. The van der Waals surface area contributed by atoms with Gasteiger partial charge >= 0.3 is 6.18 Å². The summed E-state index contributed by atoms with van der Waals surface area (Å²) in [6, 6.07) is 2.77. The van der Waals surface area contributed by atoms with Crippen molar-refractivity contribution in [3.8, 4) is 5.75 Å². The van der Waals surface area contributed by atoms with E-state index >= 15 is 0 Å². The van der Waals surface area contributed by atoms with Crippen LogP contribution in [-0.2, 0) is 22.7 Å². The van der Waals surface area contributed by atoms with Gasteiger partial charge in [-0.25, -0.2) is 4.39 Å². The van der Waals surface area contributed by atoms with E-state index in [1.807, 2.05) is 0 Å². The fraction of sp³-hybridized carbons (Fsp3) is 0.524. The normalized spacial score (nSPS) is 21.6. The first-order chi connectivity index (χ1) is 15.1. The Morgan fingerprint density at radius 2 is 1.84 bits per heavy atom. The Morgan fingerprint density at radius 3 is 2.47 bits per heavy atom. The molecule has 1 saturated heterocycles. The first-order valence-corrected chi connectivity index (χ1v) is 10.3. The molecular weight excluding hydrogens is 432 g/mol. The summed E-state index contributed by atoms with van der Waals surface area (Å²) in [6.45, 7) is 3.19. The van der Waals surface area contributed by atoms with Gasteiger partial charge in [-0.2, -0.15) is 18.3 Å². The summed E-state index contributed by atoms with van der Waals surface area (Å²) in [4.78, 5) is 26.3. The second-order valence-corrected chi connectivity index (χ2v) is 8.25. The number of nitrogens with zero attached hydrogens (tertiary/aromatic N) is 4. The first kappa shape index (κ1) is 22.2. The molecule has 0 radical (unpaired) electrons. The van der Waals surface area contributed by atoms with Crippen LogP contribution in [0, 0.1) is 17.7 Å². The number of amides is 2. The van der Waals surface area contributed by atoms with Crippen molar-refractivity contribution < 1.29 is 31.9 Å². The molecule has 0 N–H and O–H groups in total. The minimum absolute atomic E-state index is 0.0251. The summed E-state index contributed by atoms with van der Waals surface area (Å²) in [5.74, 6) is -4.07. The van der Waals surface area contributed by atoms with Crippen LogP contribution in [0.1, 0.15) is 30.9 Å². The fourth-order valence-corrected chi connectivity index (χ4v) is 4.29. The van der Waals surface area contributed by atoms with E-state index in [-0.39, 0.29) is 36.4 Å². The Bertz CT molecular complexity index is 984. The second kappa shape index (κ2) is 8.51. The molecule has 3 aliphatic heterocycles. The van der Waals surface area contributed by atoms with Crippen LogP contribution in [0.2, 0.25) is 0 Å². The van der Waals surface area contributed by atoms with E-state index in [4.69, 9.17) is 4.74 Å². The summed E-state index contributed by atoms with van der Waals surface area (Å²) in [7, 11) is 0. The Labute approximate surface area is 181 Å². The molecular formula is C21H22F4N4O3. The van der Waals surface area contributed by atoms with Gasteiger partial charge in [0.05, 0.1) is 18.5 Å². The van der Waals surface area contributed by atoms with E-state index in [1.54, 1.807) is 4.90 Å². The zero-order valence-electron chi connectivity index (χ0n) is 17.4. The van der Waals surface area contributed by atoms with Crippen LogP contribution in [0.15, 0.2) is 34.3 Å². The van der Waals surface area contributed by atoms with Crippen molar-refractivity contribution in [1.29, 1.82) is 0 Å². The number of rotatable bonds is 4. The van der Waals surface area contributed by atoms with Gasteiger partial charge < -0.3 is 14.5 Å². The summed E-state index contributed by atoms with van der Waals surface area (Å²) in [5.41, 5.74) is 0.861. The fourth-order valence-electron chi connectivity index (χ4n) is 4.29. The van der Waals surface area contributed by atoms with E-state index in [9.17, 15) is 27.2 Å². The Balaban J connectivity index is 1.43. The summed E-state index contributed by atoms with van der Waals surface area (Å²) < 4.78 is 60.5. The average Bonchev–Trinajstić information content (AvgIpc) is 3.13. The Morgan fingerprint density at radius 1 is 1.19 bits per heavy atom. The number of halogens is 4. The molecule has 11 heteroatoms. The topological polar surface area (TPSA) is 74.6 Å². The molecule has 0 saturated carbocycles. The molecule has 1 aromatic carbocycles. The lowest BCUT2D eigenvalue weighted by Gasteiger charge is -2.31. The quantitative estimate of drug-likeness (QED) is 0.649. The first-order valence-electron chi connectivity index (χ1n) is 10.3. The van der Waals surface area contributed by atoms with Crippen LogP contribution in [0.3, 0.4) is 0 Å². The maximum atomic E-state index is 14.6. The second-order valence-electron chi connectivity index (χ2n) is 8.25. The number of ether oxygens (including phenoxy) is 1. The molecule has 3 aliphatic rings. The maximum Gasteiger partial charge on any atom is 0.406 e. The number of hydrogen-bond acceptors (Lipinski definition) is 5. The number of azo groups is 1. The van der Waals surface area contributed by atoms with E-state index in [0.29, 0.717) is 30.8 Å². The highest BCUT2D eigenvalue weighted by Crippen LogP contribution is 2.40. The lowest BCUT2D eigenvalue weighted by molar-refractivity contribution is -0.177. The van der Waals surface area contributed by atoms with E-state index in [0.717, 1.165) is 19.0 Å². The summed E-state index contributed by atoms with van der Waals surface area (Å²) in [6.07, 6.45) is -2.34. The van der Waals surface area contributed by atoms with Crippen molar-refractivity contribution >= 4 is 11.8 Å². The molecule has 1 unspecified atom stereocenters. The van der Waals surface area contributed by atoms with Crippen molar-refractivity contribution in [1.82, 2.24) is 9.80 Å². The number of benzene rings is 1. The van der Waals surface area contributed by atoms with Crippen LogP contribution in [0.5, 0.6) is 5.75 Å². The predicted octanol–water partition coefficient (Wildman–Crippen LogP) is 3.79. The molecule has 3 heterocycles. The Hall–Kier alpha value is -2.98. The van der Waals surface area contributed by atoms with Gasteiger partial charge in [0, 0.05) is 33.1 Å². The predicted molar refractivity (Wildman–Crippen MR) is 104 cm³/mol. The molecule has 1 atom stereocenters. The van der Waals surface area contributed by atoms with Crippen molar-refractivity contribution in [3.63, 3.8) is 0 Å². The lowest BCUT2D eigenvalue weighted by atomic mass is 9.98. The zero-order chi connectivity index (χ0) is 23.0. The van der Waals surface area contributed by atoms with Gasteiger partial charge in [0.2, 0.25) is 5.91 Å². The number of carbonyl (C=O) groups excluding carboxylic acids is 2. The third kappa shape index (κ3) is 4.46. The van der Waals surface area contributed by atoms with Crippen LogP contribution in [-0.4, -0.2) is 47.5 Å². The van der Waals surface area contributed by atoms with Gasteiger partial charge in [-0.3, -0.25) is 9.59 Å². The number of fused-ring (bicyclic) bond motifs is 1. The molecule has 0 bridgehead atoms. The third-order valence-electron chi connectivity index (χ3n) is 6.09. The molecule has 0 aliphatic carbocycles. The minimum atomic E-state index is -4.80. The molecule has 7 nitrogen and oxygen atoms in total. The molecule has 0 aromatic heterocycles. The van der Waals surface area contributed by atoms with Crippen molar-refractivity contribution in [2.75, 3.05) is 19.7 Å². The molecule has 172 valence electrons. The van der Waals surface area contributed by atoms with Crippen molar-refractivity contribution in [2.24, 2.45) is 22.1 Å². The molecule has 1 aromatic rings. The van der Waals surface area contributed by atoms with Crippen LogP contribution < -0.4 is 4.74 Å². The van der Waals surface area contributed by atoms with Gasteiger partial charge in [-0.15, -0.1) is 5.11 Å². The van der Waals surface area contributed by atoms with Crippen molar-refractivity contribution in [2.45, 2.75) is 39.0 Å². The number of carbonyl (C=O) groups is 2. The maximum absolute atomic E-state index is 14.6. The van der Waals surface area contributed by atoms with Crippen LogP contribution in [0.4, 0.5) is 17.6 Å². The van der Waals surface area contributed by atoms with Crippen LogP contribution in [0.25, 0.3) is 0 Å². The average molecular weight is 454 g/mol. The zero-order valence-corrected chi connectivity index (χ0v) is 17.4. The summed E-state index contributed by atoms with van der Waals surface area (Å²) >= 11 is 0. The third-order valence-corrected chi connectivity index (χ3v) is 6.09. The monoisotopic (exact) mass is 454 g/mol. The lowest BCUT2D eigenvalue weighted by Crippen LogP contribution is -2.38. The highest BCUT2D eigenvalue weighted by Gasteiger charge is 2.50. The van der Waals surface area contributed by atoms with E-state index in [2.05, 4.69) is 10.2 Å². The molecule has 32 heavy (non-hydrogen) atoms. The smallest absolute Gasteiger partial charge is 0.406 e. The van der Waals surface area contributed by atoms with E-state index in [1.165, 1.54) is 24.0 Å². The molecule has 4 rings (SSSR count). The number of hydrogen-bond donors (Lipinski definition) is 0. The van der Waals surface area contributed by atoms with Gasteiger partial charge in [-0.05, 0) is 42.0 Å². The molecule has 2 amide bonds. The summed E-state index contributed by atoms with van der Waals surface area (Å²) in [5, 5.41) is 6.41. The van der Waals surface area contributed by atoms with Crippen molar-refractivity contribution in [3.05, 3.63) is 41.0 Å². The van der Waals surface area contributed by atoms with Gasteiger partial charge in [0.25, 0.3) is 5.91 Å². The molecule has 0 spiro atoms. The molecule has 1 fully saturated rings. The number of piperidine rings is 1. The highest BCUT2D eigenvalue weighted by atomic mass is 19.4. The number of likely N-dealkylation sites (tertiary alicyclic amines) is 1. The van der Waals surface area contributed by atoms with Gasteiger partial charge in [0.1, 0.15) is 0 Å². The largest absolute Gasteiger partial charge is 0.490 e. The minimum Gasteiger partial charge on any atom is -0.490 e. The SMILES string of the molecule is CC(=O)N1CCC(COc2cc3c(cc2F)CN(C2=CN=NC(=O)C2C(F)(F)F)C3)CC1. The highest BCUT2D eigenvalue weighted by molar-refractivity contribution is 5.83. The van der Waals surface area contributed by atoms with E-state index < -0.39 is 23.8 Å². The standard InChI is InChI=1S/C21H22F4N4O3/c1-12(30)28-4-2-13(3-5-28)11-32-18-7-15-10-29(9-14(15)6-16(18)22)17-8-26-27-20(31)19(17)21(23,24)25/h6-8,13,19H,2-5,9-11H2,1H3. The van der Waals surface area contributed by atoms with Gasteiger partial charge in [-0.1, -0.05) is 0 Å². The number of alkyl halides is 3. The van der Waals surface area contributed by atoms with Gasteiger partial charge in [0.15, 0.2) is 17.5 Å². The van der Waals surface area contributed by atoms with Crippen LogP contribution >= 0.6 is 0 Å².